The van der Waals surface area contributed by atoms with Crippen LogP contribution in [0.25, 0.3) is 16.8 Å². The fourth-order valence-electron chi connectivity index (χ4n) is 3.29. The number of hydrogen-bond acceptors (Lipinski definition) is 7. The van der Waals surface area contributed by atoms with E-state index in [0.717, 1.165) is 44.5 Å². The summed E-state index contributed by atoms with van der Waals surface area (Å²) in [6.07, 6.45) is 5.68. The number of nitrogens with zero attached hydrogens (tertiary/aromatic N) is 2. The highest BCUT2D eigenvalue weighted by molar-refractivity contribution is 7.16. The molecule has 168 valence electrons. The van der Waals surface area contributed by atoms with Crippen LogP contribution in [0.5, 0.6) is 0 Å². The highest BCUT2D eigenvalue weighted by atomic mass is 32.1. The average molecular weight is 452 g/mol. The van der Waals surface area contributed by atoms with Crippen LogP contribution in [0, 0.1) is 6.92 Å². The van der Waals surface area contributed by atoms with Crippen LogP contribution in [-0.2, 0) is 22.4 Å². The summed E-state index contributed by atoms with van der Waals surface area (Å²) in [7, 11) is 0. The molecule has 0 aliphatic heterocycles. The molecule has 0 bridgehead atoms. The second-order valence-corrected chi connectivity index (χ2v) is 8.35. The van der Waals surface area contributed by atoms with Gasteiger partial charge in [0.25, 0.3) is 0 Å². The van der Waals surface area contributed by atoms with Crippen LogP contribution in [0.1, 0.15) is 42.0 Å². The van der Waals surface area contributed by atoms with Gasteiger partial charge in [-0.1, -0.05) is 25.1 Å². The van der Waals surface area contributed by atoms with Crippen molar-refractivity contribution in [2.75, 3.05) is 18.5 Å². The number of esters is 1. The minimum absolute atomic E-state index is 0.147. The number of carbonyl (C=O) groups is 1. The number of ether oxygens (including phenoxy) is 1. The monoisotopic (exact) mass is 451 g/mol. The van der Waals surface area contributed by atoms with Crippen LogP contribution >= 0.6 is 11.3 Å². The van der Waals surface area contributed by atoms with Gasteiger partial charge in [0.15, 0.2) is 5.82 Å². The summed E-state index contributed by atoms with van der Waals surface area (Å²) < 4.78 is 5.01. The number of aromatic nitrogens is 2. The molecule has 7 heteroatoms. The number of hydrogen-bond donors (Lipinski definition) is 2. The van der Waals surface area contributed by atoms with Crippen molar-refractivity contribution in [2.24, 2.45) is 0 Å². The normalized spacial score (nSPS) is 11.1. The van der Waals surface area contributed by atoms with E-state index in [1.807, 2.05) is 55.5 Å². The Balaban J connectivity index is 1.82. The molecular formula is C25H29N3O3S. The van der Waals surface area contributed by atoms with E-state index in [9.17, 15) is 4.79 Å². The van der Waals surface area contributed by atoms with E-state index >= 15 is 0 Å². The summed E-state index contributed by atoms with van der Waals surface area (Å²) in [6.45, 7) is 6.44. The predicted octanol–water partition coefficient (Wildman–Crippen LogP) is 5.32. The van der Waals surface area contributed by atoms with Crippen molar-refractivity contribution in [3.05, 3.63) is 64.2 Å². The van der Waals surface area contributed by atoms with Crippen molar-refractivity contribution in [3.63, 3.8) is 0 Å². The maximum absolute atomic E-state index is 11.7. The van der Waals surface area contributed by atoms with E-state index in [0.29, 0.717) is 18.9 Å². The van der Waals surface area contributed by atoms with Crippen molar-refractivity contribution >= 4 is 34.9 Å². The largest absolute Gasteiger partial charge is 0.466 e. The molecule has 2 heterocycles. The van der Waals surface area contributed by atoms with E-state index in [1.165, 1.54) is 0 Å². The molecule has 0 aliphatic carbocycles. The van der Waals surface area contributed by atoms with Gasteiger partial charge in [-0.15, -0.1) is 11.3 Å². The van der Waals surface area contributed by atoms with E-state index < -0.39 is 0 Å². The Labute approximate surface area is 193 Å². The molecule has 2 aromatic heterocycles. The van der Waals surface area contributed by atoms with Crippen molar-refractivity contribution in [1.29, 1.82) is 0 Å². The fourth-order valence-corrected chi connectivity index (χ4v) is 4.16. The lowest BCUT2D eigenvalue weighted by Crippen LogP contribution is -2.07. The topological polar surface area (TPSA) is 84.3 Å². The van der Waals surface area contributed by atoms with Gasteiger partial charge in [0.05, 0.1) is 17.9 Å². The SMILES string of the molecule is CCOC(=O)Cc1ccc(Nc2nc(-c3ccc(C=CCCO)s3)nc(C)c2CC)cc1. The van der Waals surface area contributed by atoms with Crippen LogP contribution < -0.4 is 5.32 Å². The van der Waals surface area contributed by atoms with Gasteiger partial charge < -0.3 is 15.2 Å². The van der Waals surface area contributed by atoms with E-state index in [1.54, 1.807) is 18.3 Å². The average Bonchev–Trinajstić information content (AvgIpc) is 3.24. The predicted molar refractivity (Wildman–Crippen MR) is 130 cm³/mol. The standard InChI is InChI=1S/C25H29N3O3S/c1-4-21-17(3)26-25(22-14-13-20(32-22)8-6-7-15-29)28-24(21)27-19-11-9-18(10-12-19)16-23(30)31-5-2/h6,8-14,29H,4-5,7,15-16H2,1-3H3,(H,26,27,28). The first-order chi connectivity index (χ1) is 15.5. The summed E-state index contributed by atoms with van der Waals surface area (Å²) in [5.41, 5.74) is 3.83. The molecule has 0 atom stereocenters. The van der Waals surface area contributed by atoms with Gasteiger partial charge in [-0.2, -0.15) is 0 Å². The maximum Gasteiger partial charge on any atom is 0.310 e. The Morgan fingerprint density at radius 2 is 1.94 bits per heavy atom. The van der Waals surface area contributed by atoms with Gasteiger partial charge in [-0.25, -0.2) is 9.97 Å². The number of benzene rings is 1. The van der Waals surface area contributed by atoms with Crippen LogP contribution in [0.3, 0.4) is 0 Å². The minimum Gasteiger partial charge on any atom is -0.466 e. The van der Waals surface area contributed by atoms with Gasteiger partial charge in [0.2, 0.25) is 0 Å². The molecule has 32 heavy (non-hydrogen) atoms. The second-order valence-electron chi connectivity index (χ2n) is 7.23. The molecule has 3 aromatic rings. The Morgan fingerprint density at radius 3 is 2.62 bits per heavy atom. The molecule has 3 rings (SSSR count). The Bertz CT molecular complexity index is 1070. The molecule has 0 radical (unpaired) electrons. The second kappa shape index (κ2) is 11.5. The summed E-state index contributed by atoms with van der Waals surface area (Å²) >= 11 is 1.62. The van der Waals surface area contributed by atoms with Gasteiger partial charge in [0.1, 0.15) is 5.82 Å². The highest BCUT2D eigenvalue weighted by Crippen LogP contribution is 2.30. The van der Waals surface area contributed by atoms with Crippen molar-refractivity contribution < 1.29 is 14.6 Å². The first kappa shape index (κ1) is 23.6. The Kier molecular flexibility index (Phi) is 8.53. The van der Waals surface area contributed by atoms with E-state index in [-0.39, 0.29) is 19.0 Å². The van der Waals surface area contributed by atoms with Crippen molar-refractivity contribution in [1.82, 2.24) is 9.97 Å². The lowest BCUT2D eigenvalue weighted by atomic mass is 10.1. The first-order valence-electron chi connectivity index (χ1n) is 10.8. The molecule has 0 unspecified atom stereocenters. The van der Waals surface area contributed by atoms with E-state index in [4.69, 9.17) is 19.8 Å². The van der Waals surface area contributed by atoms with E-state index in [2.05, 4.69) is 12.2 Å². The molecular weight excluding hydrogens is 422 g/mol. The van der Waals surface area contributed by atoms with Gasteiger partial charge in [-0.3, -0.25) is 4.79 Å². The molecule has 1 aromatic carbocycles. The molecule has 0 saturated heterocycles. The zero-order chi connectivity index (χ0) is 22.9. The number of nitrogens with one attached hydrogen (secondary N) is 1. The third-order valence-corrected chi connectivity index (χ3v) is 5.91. The lowest BCUT2D eigenvalue weighted by molar-refractivity contribution is -0.142. The molecule has 0 saturated carbocycles. The Hall–Kier alpha value is -3.03. The summed E-state index contributed by atoms with van der Waals surface area (Å²) in [5.74, 6) is 1.26. The fraction of sp³-hybridized carbons (Fsp3) is 0.320. The van der Waals surface area contributed by atoms with Crippen LogP contribution in [-0.4, -0.2) is 34.3 Å². The smallest absolute Gasteiger partial charge is 0.310 e. The molecule has 2 N–H and O–H groups in total. The summed E-state index contributed by atoms with van der Waals surface area (Å²) in [5, 5.41) is 12.4. The number of aryl methyl sites for hydroxylation is 1. The number of carbonyl (C=O) groups excluding carboxylic acids is 1. The molecule has 0 spiro atoms. The minimum atomic E-state index is -0.223. The zero-order valence-corrected chi connectivity index (χ0v) is 19.5. The van der Waals surface area contributed by atoms with Crippen molar-refractivity contribution in [2.45, 2.75) is 40.0 Å². The van der Waals surface area contributed by atoms with Gasteiger partial charge >= 0.3 is 5.97 Å². The lowest BCUT2D eigenvalue weighted by Gasteiger charge is -2.14. The zero-order valence-electron chi connectivity index (χ0n) is 18.7. The number of aliphatic hydroxyl groups excluding tert-OH is 1. The number of thiophene rings is 1. The third kappa shape index (κ3) is 6.24. The first-order valence-corrected chi connectivity index (χ1v) is 11.6. The summed E-state index contributed by atoms with van der Waals surface area (Å²) in [4.78, 5) is 23.3. The number of anilines is 2. The van der Waals surface area contributed by atoms with Crippen LogP contribution in [0.15, 0.2) is 42.5 Å². The number of rotatable bonds is 10. The van der Waals surface area contributed by atoms with Crippen LogP contribution in [0.4, 0.5) is 11.5 Å². The maximum atomic E-state index is 11.7. The molecule has 0 amide bonds. The molecule has 6 nitrogen and oxygen atoms in total. The molecule has 0 aliphatic rings. The van der Waals surface area contributed by atoms with Crippen molar-refractivity contribution in [3.8, 4) is 10.7 Å². The van der Waals surface area contributed by atoms with Gasteiger partial charge in [-0.05, 0) is 62.6 Å². The molecule has 0 fully saturated rings. The quantitative estimate of drug-likeness (QED) is 0.406. The number of aliphatic hydroxyl groups is 1. The van der Waals surface area contributed by atoms with Gasteiger partial charge in [0, 0.05) is 28.4 Å². The van der Waals surface area contributed by atoms with Crippen LogP contribution in [0.2, 0.25) is 0 Å². The summed E-state index contributed by atoms with van der Waals surface area (Å²) in [6, 6.07) is 11.8. The Morgan fingerprint density at radius 1 is 1.16 bits per heavy atom. The third-order valence-electron chi connectivity index (χ3n) is 4.86. The highest BCUT2D eigenvalue weighted by Gasteiger charge is 2.14.